The van der Waals surface area contributed by atoms with E-state index in [0.29, 0.717) is 29.5 Å². The molecule has 0 heterocycles. The summed E-state index contributed by atoms with van der Waals surface area (Å²) in [4.78, 5) is 16.8. The molecule has 2 aromatic carbocycles. The minimum absolute atomic E-state index is 0.0355. The van der Waals surface area contributed by atoms with Crippen LogP contribution in [0.5, 0.6) is 0 Å². The van der Waals surface area contributed by atoms with Crippen molar-refractivity contribution in [2.24, 2.45) is 0 Å². The molecule has 206 valence electrons. The molecule has 0 spiro atoms. The highest BCUT2D eigenvalue weighted by Crippen LogP contribution is 2.45. The Labute approximate surface area is 226 Å². The number of aliphatic hydroxyl groups is 1. The van der Waals surface area contributed by atoms with Gasteiger partial charge in [0, 0.05) is 5.56 Å². The highest BCUT2D eigenvalue weighted by atomic mass is 32.2. The van der Waals surface area contributed by atoms with Crippen LogP contribution in [0.15, 0.2) is 41.3 Å². The van der Waals surface area contributed by atoms with Crippen molar-refractivity contribution in [3.8, 4) is 0 Å². The minimum Gasteiger partial charge on any atom is -0.460 e. The number of nitrogens with one attached hydrogen (secondary N) is 1. The topological polar surface area (TPSA) is 121 Å². The molecule has 0 aromatic heterocycles. The normalized spacial score (nSPS) is 21.7. The Morgan fingerprint density at radius 2 is 1.66 bits per heavy atom. The van der Waals surface area contributed by atoms with Crippen molar-refractivity contribution in [3.63, 3.8) is 0 Å². The standard InChI is InChI=1S/C29H40N3O5S/c1-8-37-27(33)28(31-30)15-11-13-21-12-9-10-14-25(21)29(28,34)32-38(35,36)26-23(19(4)5)16-22(18(2)3)17-24(26)20(6)7/h9-10,12,14,16-20,32,34H,8,11,13,15H2,1-7H3/q+1. The molecule has 9 heteroatoms. The fourth-order valence-electron chi connectivity index (χ4n) is 5.28. The van der Waals surface area contributed by atoms with Gasteiger partial charge in [0.1, 0.15) is 4.98 Å². The van der Waals surface area contributed by atoms with Crippen LogP contribution in [0.3, 0.4) is 0 Å². The summed E-state index contributed by atoms with van der Waals surface area (Å²) in [5.74, 6) is -1.12. The van der Waals surface area contributed by atoms with Crippen LogP contribution in [0.4, 0.5) is 0 Å². The third-order valence-corrected chi connectivity index (χ3v) is 8.98. The summed E-state index contributed by atoms with van der Waals surface area (Å²) in [6, 6.07) is 10.5. The van der Waals surface area contributed by atoms with Crippen molar-refractivity contribution >= 4 is 16.0 Å². The second kappa shape index (κ2) is 11.1. The van der Waals surface area contributed by atoms with Gasteiger partial charge >= 0.3 is 11.5 Å². The van der Waals surface area contributed by atoms with Gasteiger partial charge in [0.15, 0.2) is 0 Å². The van der Waals surface area contributed by atoms with E-state index in [1.807, 2.05) is 39.8 Å². The molecule has 2 atom stereocenters. The van der Waals surface area contributed by atoms with Gasteiger partial charge in [-0.05, 0) is 59.8 Å². The largest absolute Gasteiger partial charge is 0.462 e. The highest BCUT2D eigenvalue weighted by Gasteiger charge is 2.73. The van der Waals surface area contributed by atoms with Crippen molar-refractivity contribution in [1.82, 2.24) is 4.72 Å². The molecule has 2 N–H and O–H groups in total. The van der Waals surface area contributed by atoms with Gasteiger partial charge in [-0.2, -0.15) is 4.72 Å². The first kappa shape index (κ1) is 29.8. The van der Waals surface area contributed by atoms with Gasteiger partial charge < -0.3 is 9.84 Å². The molecule has 2 unspecified atom stereocenters. The summed E-state index contributed by atoms with van der Waals surface area (Å²) in [5, 5.41) is 22.7. The molecule has 0 radical (unpaired) electrons. The smallest absolute Gasteiger partial charge is 0.460 e. The first-order chi connectivity index (χ1) is 17.8. The van der Waals surface area contributed by atoms with E-state index >= 15 is 0 Å². The molecular formula is C29H40N3O5S+. The van der Waals surface area contributed by atoms with E-state index in [0.717, 1.165) is 5.56 Å². The van der Waals surface area contributed by atoms with E-state index in [1.165, 1.54) is 0 Å². The van der Waals surface area contributed by atoms with Crippen LogP contribution >= 0.6 is 0 Å². The van der Waals surface area contributed by atoms with Gasteiger partial charge in [-0.1, -0.05) is 77.9 Å². The first-order valence-corrected chi connectivity index (χ1v) is 14.8. The molecule has 8 nitrogen and oxygen atoms in total. The minimum atomic E-state index is -4.48. The van der Waals surface area contributed by atoms with Crippen molar-refractivity contribution in [1.29, 1.82) is 5.39 Å². The number of fused-ring (bicyclic) bond motifs is 1. The predicted molar refractivity (Wildman–Crippen MR) is 147 cm³/mol. The molecule has 0 bridgehead atoms. The number of esters is 1. The summed E-state index contributed by atoms with van der Waals surface area (Å²) >= 11 is 0. The van der Waals surface area contributed by atoms with Gasteiger partial charge in [0.25, 0.3) is 5.72 Å². The molecule has 1 aliphatic rings. The average Bonchev–Trinajstić information content (AvgIpc) is 2.97. The van der Waals surface area contributed by atoms with Gasteiger partial charge in [-0.25, -0.2) is 13.2 Å². The Morgan fingerprint density at radius 3 is 2.16 bits per heavy atom. The predicted octanol–water partition coefficient (Wildman–Crippen LogP) is 5.67. The Hall–Kier alpha value is -2.80. The Kier molecular flexibility index (Phi) is 8.71. The van der Waals surface area contributed by atoms with Crippen molar-refractivity contribution in [3.05, 3.63) is 69.2 Å². The third kappa shape index (κ3) is 5.09. The van der Waals surface area contributed by atoms with E-state index in [9.17, 15) is 23.7 Å². The fraction of sp³-hybridized carbons (Fsp3) is 0.552. The Balaban J connectivity index is 2.37. The number of aryl methyl sites for hydroxylation is 1. The lowest BCUT2D eigenvalue weighted by atomic mass is 9.80. The van der Waals surface area contributed by atoms with Crippen molar-refractivity contribution < 1.29 is 23.1 Å². The van der Waals surface area contributed by atoms with Crippen LogP contribution in [0, 0.1) is 5.39 Å². The number of diazo groups is 1. The second-order valence-corrected chi connectivity index (χ2v) is 12.6. The number of sulfonamides is 1. The van der Waals surface area contributed by atoms with E-state index < -0.39 is 27.3 Å². The van der Waals surface area contributed by atoms with Crippen LogP contribution in [0.1, 0.15) is 107 Å². The molecule has 38 heavy (non-hydrogen) atoms. The highest BCUT2D eigenvalue weighted by molar-refractivity contribution is 7.89. The molecule has 0 amide bonds. The van der Waals surface area contributed by atoms with E-state index in [2.05, 4.69) is 23.5 Å². The third-order valence-electron chi connectivity index (χ3n) is 7.40. The Morgan fingerprint density at radius 1 is 1.08 bits per heavy atom. The number of ether oxygens (including phenoxy) is 1. The molecule has 2 aromatic rings. The molecule has 1 aliphatic carbocycles. The van der Waals surface area contributed by atoms with E-state index in [1.54, 1.807) is 31.2 Å². The Bertz CT molecular complexity index is 1320. The average molecular weight is 543 g/mol. The van der Waals surface area contributed by atoms with Gasteiger partial charge in [-0.15, -0.1) is 0 Å². The number of benzene rings is 2. The summed E-state index contributed by atoms with van der Waals surface area (Å²) in [6.07, 6.45) is 0.687. The molecule has 0 saturated carbocycles. The molecule has 3 rings (SSSR count). The zero-order valence-electron chi connectivity index (χ0n) is 23.4. The number of nitrogens with zero attached hydrogens (tertiary/aromatic N) is 2. The second-order valence-electron chi connectivity index (χ2n) is 11.0. The van der Waals surface area contributed by atoms with Gasteiger partial charge in [-0.3, -0.25) is 0 Å². The van der Waals surface area contributed by atoms with Crippen LogP contribution < -0.4 is 4.72 Å². The maximum atomic E-state index is 14.4. The summed E-state index contributed by atoms with van der Waals surface area (Å²) in [7, 11) is -4.48. The number of carbonyl (C=O) groups is 1. The van der Waals surface area contributed by atoms with E-state index in [4.69, 9.17) is 4.74 Å². The summed E-state index contributed by atoms with van der Waals surface area (Å²) < 4.78 is 36.5. The number of carbonyl (C=O) groups excluding carboxylic acids is 1. The summed E-state index contributed by atoms with van der Waals surface area (Å²) in [6.45, 7) is 13.3. The van der Waals surface area contributed by atoms with Crippen LogP contribution in [-0.4, -0.2) is 31.6 Å². The number of hydrogen-bond acceptors (Lipinski definition) is 6. The lowest BCUT2D eigenvalue weighted by molar-refractivity contribution is -0.161. The first-order valence-electron chi connectivity index (χ1n) is 13.3. The molecule has 0 saturated heterocycles. The monoisotopic (exact) mass is 542 g/mol. The maximum Gasteiger partial charge on any atom is 0.462 e. The van der Waals surface area contributed by atoms with Crippen molar-refractivity contribution in [2.45, 2.75) is 102 Å². The van der Waals surface area contributed by atoms with E-state index in [-0.39, 0.29) is 41.2 Å². The quantitative estimate of drug-likeness (QED) is 0.192. The lowest BCUT2D eigenvalue weighted by Gasteiger charge is -2.34. The zero-order valence-corrected chi connectivity index (χ0v) is 24.2. The van der Waals surface area contributed by atoms with Crippen LogP contribution in [-0.2, 0) is 31.7 Å². The zero-order chi connectivity index (χ0) is 28.5. The molecule has 0 fully saturated rings. The lowest BCUT2D eigenvalue weighted by Crippen LogP contribution is -2.64. The molecular weight excluding hydrogens is 502 g/mol. The molecule has 0 aliphatic heterocycles. The van der Waals surface area contributed by atoms with Gasteiger partial charge in [0.05, 0.1) is 17.9 Å². The van der Waals surface area contributed by atoms with Gasteiger partial charge in [0.2, 0.25) is 15.4 Å². The SMILES string of the molecule is CCOC(=O)C1([N+]#N)CCCc2ccccc2C1(O)NS(=O)(=O)c1c(C(C)C)cc(C(C)C)cc1C(C)C. The van der Waals surface area contributed by atoms with Crippen LogP contribution in [0.25, 0.3) is 4.98 Å². The fourth-order valence-corrected chi connectivity index (χ4v) is 7.26. The number of rotatable bonds is 8. The number of hydrogen-bond donors (Lipinski definition) is 2. The van der Waals surface area contributed by atoms with Crippen molar-refractivity contribution in [2.75, 3.05) is 6.61 Å². The summed E-state index contributed by atoms with van der Waals surface area (Å²) in [5.41, 5.74) is -1.88. The maximum absolute atomic E-state index is 14.4. The van der Waals surface area contributed by atoms with Crippen LogP contribution in [0.2, 0.25) is 0 Å².